The second-order valence-electron chi connectivity index (χ2n) is 6.03. The number of rotatable bonds is 17. The molecule has 0 unspecified atom stereocenters. The first-order valence-corrected chi connectivity index (χ1v) is 13.5. The summed E-state index contributed by atoms with van der Waals surface area (Å²) < 4.78 is 0. The molecule has 0 aliphatic rings. The Morgan fingerprint density at radius 3 is 0.591 bits per heavy atom. The van der Waals surface area contributed by atoms with Crippen LogP contribution in [-0.4, -0.2) is 21.3 Å². The van der Waals surface area contributed by atoms with Crippen molar-refractivity contribution in [1.82, 2.24) is 0 Å². The molecule has 0 aromatic carbocycles. The highest BCUT2D eigenvalue weighted by atomic mass is 35.6. The van der Waals surface area contributed by atoms with Crippen molar-refractivity contribution >= 4 is 43.8 Å². The Hall–Kier alpha value is 1.09. The molecule has 0 aliphatic carbocycles. The van der Waals surface area contributed by atoms with E-state index in [0.29, 0.717) is 0 Å². The molecular weight excluding hydrogens is 351 g/mol. The van der Waals surface area contributed by atoms with Gasteiger partial charge in [-0.15, -0.1) is 23.2 Å². The molecule has 0 radical (unpaired) electrons. The van der Waals surface area contributed by atoms with Gasteiger partial charge in [0.2, 0.25) is 0 Å². The van der Waals surface area contributed by atoms with Gasteiger partial charge >= 0.3 is 0 Å². The topological polar surface area (TPSA) is 0 Å². The number of unbranched alkanes of at least 4 members (excludes halogenated alkanes) is 15. The van der Waals surface area contributed by atoms with E-state index in [1.165, 1.54) is 103 Å². The summed E-state index contributed by atoms with van der Waals surface area (Å²) >= 11 is 16.1. The van der Waals surface area contributed by atoms with E-state index >= 15 is 0 Å². The van der Waals surface area contributed by atoms with Crippen LogP contribution in [-0.2, 0) is 0 Å². The second kappa shape index (κ2) is 27.0. The van der Waals surface area contributed by atoms with E-state index < -0.39 is 0 Å². The van der Waals surface area contributed by atoms with Gasteiger partial charge in [0, 0.05) is 11.8 Å². The summed E-state index contributed by atoms with van der Waals surface area (Å²) in [5, 5.41) is 0. The maximum atomic E-state index is 5.66. The standard InChI is InChI=1S/C18H36Cl2.ClH3Si/c19-17-15-13-11-9-7-5-3-1-2-4-6-8-10-12-14-16-18-20;1-2/h1-18H2;2H3. The number of alkyl halides is 2. The first-order chi connectivity index (χ1) is 10.9. The van der Waals surface area contributed by atoms with Crippen LogP contribution in [0.1, 0.15) is 103 Å². The van der Waals surface area contributed by atoms with Gasteiger partial charge in [-0.1, -0.05) is 89.9 Å². The monoisotopic (exact) mass is 388 g/mol. The highest BCUT2D eigenvalue weighted by Gasteiger charge is 1.94. The van der Waals surface area contributed by atoms with Crippen LogP contribution >= 0.6 is 34.3 Å². The fourth-order valence-electron chi connectivity index (χ4n) is 2.66. The molecule has 0 N–H and O–H groups in total. The minimum atomic E-state index is 0.778. The van der Waals surface area contributed by atoms with E-state index in [2.05, 4.69) is 0 Å². The summed E-state index contributed by atoms with van der Waals surface area (Å²) in [4.78, 5) is 0. The zero-order valence-electron chi connectivity index (χ0n) is 14.9. The van der Waals surface area contributed by atoms with Crippen molar-refractivity contribution in [2.24, 2.45) is 0 Å². The van der Waals surface area contributed by atoms with Gasteiger partial charge in [-0.3, -0.25) is 0 Å². The molecule has 0 atom stereocenters. The average Bonchev–Trinajstić information content (AvgIpc) is 2.56. The molecule has 0 heterocycles. The highest BCUT2D eigenvalue weighted by molar-refractivity contribution is 6.80. The molecule has 0 saturated heterocycles. The molecule has 4 heteroatoms. The van der Waals surface area contributed by atoms with Crippen LogP contribution in [0.15, 0.2) is 0 Å². The van der Waals surface area contributed by atoms with Gasteiger partial charge in [0.15, 0.2) is 0 Å². The van der Waals surface area contributed by atoms with E-state index in [1.807, 2.05) is 0 Å². The maximum Gasteiger partial charge on any atom is 0.109 e. The van der Waals surface area contributed by atoms with Gasteiger partial charge in [-0.05, 0) is 12.8 Å². The predicted octanol–water partition coefficient (Wildman–Crippen LogP) is 7.21. The molecule has 0 fully saturated rings. The van der Waals surface area contributed by atoms with E-state index in [-0.39, 0.29) is 0 Å². The van der Waals surface area contributed by atoms with Gasteiger partial charge in [-0.25, -0.2) is 0 Å². The van der Waals surface area contributed by atoms with E-state index in [4.69, 9.17) is 34.3 Å². The number of hydrogen-bond donors (Lipinski definition) is 0. The predicted molar refractivity (Wildman–Crippen MR) is 111 cm³/mol. The Bertz CT molecular complexity index is 150. The van der Waals surface area contributed by atoms with Crippen molar-refractivity contribution in [3.63, 3.8) is 0 Å². The first kappa shape index (κ1) is 25.3. The molecule has 22 heavy (non-hydrogen) atoms. The van der Waals surface area contributed by atoms with E-state index in [9.17, 15) is 0 Å². The van der Waals surface area contributed by atoms with Gasteiger partial charge in [0.25, 0.3) is 0 Å². The van der Waals surface area contributed by atoms with Crippen LogP contribution in [0.4, 0.5) is 0 Å². The Balaban J connectivity index is 0. The lowest BCUT2D eigenvalue weighted by Crippen LogP contribution is -1.84. The Labute approximate surface area is 158 Å². The summed E-state index contributed by atoms with van der Waals surface area (Å²) in [5.41, 5.74) is 0. The smallest absolute Gasteiger partial charge is 0.109 e. The molecule has 0 nitrogen and oxygen atoms in total. The fraction of sp³-hybridized carbons (Fsp3) is 1.00. The summed E-state index contributed by atoms with van der Waals surface area (Å²) in [7, 11) is 0.778. The van der Waals surface area contributed by atoms with Gasteiger partial charge in [0.1, 0.15) is 9.55 Å². The SMILES string of the molecule is ClCCCCCCCCCCCCCCCCCCCl.[SiH3]Cl. The zero-order valence-corrected chi connectivity index (χ0v) is 19.1. The van der Waals surface area contributed by atoms with Crippen molar-refractivity contribution in [3.05, 3.63) is 0 Å². The van der Waals surface area contributed by atoms with Crippen LogP contribution in [0, 0.1) is 0 Å². The largest absolute Gasteiger partial charge is 0.181 e. The molecule has 0 saturated carbocycles. The minimum absolute atomic E-state index is 0.778. The van der Waals surface area contributed by atoms with Crippen molar-refractivity contribution in [1.29, 1.82) is 0 Å². The molecule has 0 amide bonds. The third-order valence-corrected chi connectivity index (χ3v) is 4.55. The molecule has 0 aromatic heterocycles. The van der Waals surface area contributed by atoms with Gasteiger partial charge in [-0.2, -0.15) is 11.1 Å². The van der Waals surface area contributed by atoms with Crippen molar-refractivity contribution in [2.45, 2.75) is 103 Å². The molecular formula is C18H39Cl3Si. The summed E-state index contributed by atoms with van der Waals surface area (Å²) in [6, 6.07) is 0. The third-order valence-electron chi connectivity index (χ3n) is 4.02. The van der Waals surface area contributed by atoms with Crippen molar-refractivity contribution in [3.8, 4) is 0 Å². The summed E-state index contributed by atoms with van der Waals surface area (Å²) in [6.07, 6.45) is 22.2. The van der Waals surface area contributed by atoms with E-state index in [0.717, 1.165) is 21.3 Å². The molecule has 0 bridgehead atoms. The van der Waals surface area contributed by atoms with E-state index in [1.54, 1.807) is 0 Å². The molecule has 0 rings (SSSR count). The third kappa shape index (κ3) is 26.0. The van der Waals surface area contributed by atoms with Crippen LogP contribution in [0.3, 0.4) is 0 Å². The Morgan fingerprint density at radius 1 is 0.318 bits per heavy atom. The average molecular weight is 390 g/mol. The first-order valence-electron chi connectivity index (χ1n) is 9.41. The number of hydrogen-bond acceptors (Lipinski definition) is 0. The fourth-order valence-corrected chi connectivity index (χ4v) is 3.04. The maximum absolute atomic E-state index is 5.66. The van der Waals surface area contributed by atoms with Crippen LogP contribution in [0.2, 0.25) is 0 Å². The lowest BCUT2D eigenvalue weighted by molar-refractivity contribution is 0.532. The molecule has 0 aliphatic heterocycles. The Kier molecular flexibility index (Phi) is 31.0. The van der Waals surface area contributed by atoms with Crippen LogP contribution in [0.5, 0.6) is 0 Å². The number of halogens is 3. The zero-order chi connectivity index (χ0) is 16.7. The Morgan fingerprint density at radius 2 is 0.455 bits per heavy atom. The van der Waals surface area contributed by atoms with Gasteiger partial charge < -0.3 is 0 Å². The van der Waals surface area contributed by atoms with Crippen molar-refractivity contribution < 1.29 is 0 Å². The normalized spacial score (nSPS) is 10.5. The van der Waals surface area contributed by atoms with Crippen molar-refractivity contribution in [2.75, 3.05) is 11.8 Å². The van der Waals surface area contributed by atoms with Gasteiger partial charge in [0.05, 0.1) is 0 Å². The second-order valence-corrected chi connectivity index (χ2v) is 6.79. The summed E-state index contributed by atoms with van der Waals surface area (Å²) in [5.74, 6) is 1.68. The van der Waals surface area contributed by atoms with Crippen LogP contribution in [0.25, 0.3) is 0 Å². The lowest BCUT2D eigenvalue weighted by Gasteiger charge is -2.03. The summed E-state index contributed by atoms with van der Waals surface area (Å²) in [6.45, 7) is 0. The molecule has 0 spiro atoms. The lowest BCUT2D eigenvalue weighted by atomic mass is 10.0. The molecule has 136 valence electrons. The highest BCUT2D eigenvalue weighted by Crippen LogP contribution is 2.13. The minimum Gasteiger partial charge on any atom is -0.181 e. The quantitative estimate of drug-likeness (QED) is 0.107. The molecule has 0 aromatic rings. The van der Waals surface area contributed by atoms with Crippen LogP contribution < -0.4 is 0 Å².